The van der Waals surface area contributed by atoms with Gasteiger partial charge in [-0.2, -0.15) is 0 Å². The standard InChI is InChI=1S/C48H42S4Si/c1-25-5-9-35-29(13-25)17-33-21-43(51-45(33)35)53(41-23-49-47-37-11-7-27(3)15-31(37)19-39(41)47,42-24-50-48-38-12-8-28(4)16-32(38)20-40(42)48)44-22-34-18-30-14-26(2)6-10-36(30)46(34)52-44/h5-16,21-24,33,39-40,45,47-48H,17-20H2,1-4H3. The Bertz CT molecular complexity index is 2460. The summed E-state index contributed by atoms with van der Waals surface area (Å²) >= 11 is 8.83. The van der Waals surface area contributed by atoms with Gasteiger partial charge in [-0.05, 0) is 143 Å². The molecule has 4 heterocycles. The van der Waals surface area contributed by atoms with Crippen LogP contribution in [0.15, 0.2) is 111 Å². The second-order valence-electron chi connectivity index (χ2n) is 17.0. The minimum Gasteiger partial charge on any atom is -0.143 e. The van der Waals surface area contributed by atoms with Crippen LogP contribution in [0.3, 0.4) is 0 Å². The molecule has 1 aromatic heterocycles. The summed E-state index contributed by atoms with van der Waals surface area (Å²) in [6.07, 6.45) is 7.50. The van der Waals surface area contributed by atoms with Crippen molar-refractivity contribution in [3.8, 4) is 10.4 Å². The predicted molar refractivity (Wildman–Crippen MR) is 233 cm³/mol. The van der Waals surface area contributed by atoms with E-state index >= 15 is 0 Å². The molecule has 7 aliphatic rings. The number of thioether (sulfide) groups is 3. The maximum atomic E-state index is 2.87. The lowest BCUT2D eigenvalue weighted by atomic mass is 10.1. The fourth-order valence-corrected chi connectivity index (χ4v) is 26.7. The molecule has 0 saturated carbocycles. The van der Waals surface area contributed by atoms with Crippen molar-refractivity contribution in [3.05, 3.63) is 177 Å². The van der Waals surface area contributed by atoms with Crippen LogP contribution in [0.1, 0.15) is 82.5 Å². The number of aryl methyl sites for hydroxylation is 4. The Labute approximate surface area is 331 Å². The third kappa shape index (κ3) is 4.52. The molecule has 12 rings (SSSR count). The van der Waals surface area contributed by atoms with Gasteiger partial charge in [0, 0.05) is 25.1 Å². The normalized spacial score (nSPS) is 27.6. The van der Waals surface area contributed by atoms with Gasteiger partial charge in [0.15, 0.2) is 8.07 Å². The topological polar surface area (TPSA) is 0 Å². The summed E-state index contributed by atoms with van der Waals surface area (Å²) in [4.78, 5) is 1.55. The summed E-state index contributed by atoms with van der Waals surface area (Å²) in [5.74, 6) is 1.70. The van der Waals surface area contributed by atoms with Crippen molar-refractivity contribution < 1.29 is 0 Å². The van der Waals surface area contributed by atoms with E-state index in [1.165, 1.54) is 52.6 Å². The molecule has 0 spiro atoms. The summed E-state index contributed by atoms with van der Waals surface area (Å²) in [7, 11) is -2.65. The molecule has 262 valence electrons. The Balaban J connectivity index is 1.08. The van der Waals surface area contributed by atoms with Crippen LogP contribution in [0.25, 0.3) is 10.4 Å². The number of benzene rings is 4. The SMILES string of the molecule is Cc1ccc2c(c1)Cc1cc([Si](C3=CC4Cc5cc(C)ccc5C4S3)(C3=CSC4c5ccc(C)cc5CC34)C3=CSC4c5ccc(C)cc5CC34)sc1-2. The summed E-state index contributed by atoms with van der Waals surface area (Å²) in [5.41, 5.74) is 19.8. The number of thiophene rings is 1. The largest absolute Gasteiger partial charge is 0.191 e. The van der Waals surface area contributed by atoms with E-state index in [0.717, 1.165) is 6.42 Å². The highest BCUT2D eigenvalue weighted by Gasteiger charge is 2.60. The van der Waals surface area contributed by atoms with Gasteiger partial charge in [0.05, 0.1) is 0 Å². The predicted octanol–water partition coefficient (Wildman–Crippen LogP) is 12.5. The van der Waals surface area contributed by atoms with Gasteiger partial charge in [0.1, 0.15) is 0 Å². The Morgan fingerprint density at radius 1 is 0.547 bits per heavy atom. The van der Waals surface area contributed by atoms with E-state index in [1.807, 2.05) is 10.4 Å². The molecule has 3 aliphatic heterocycles. The lowest BCUT2D eigenvalue weighted by Gasteiger charge is -2.40. The summed E-state index contributed by atoms with van der Waals surface area (Å²) < 4.78 is 3.48. The van der Waals surface area contributed by atoms with Gasteiger partial charge < -0.3 is 0 Å². The molecule has 6 atom stereocenters. The van der Waals surface area contributed by atoms with E-state index < -0.39 is 8.07 Å². The highest BCUT2D eigenvalue weighted by Crippen LogP contribution is 2.67. The molecule has 0 nitrogen and oxygen atoms in total. The van der Waals surface area contributed by atoms with Crippen molar-refractivity contribution >= 4 is 59.2 Å². The molecular weight excluding hydrogens is 733 g/mol. The van der Waals surface area contributed by atoms with Crippen LogP contribution in [-0.2, 0) is 25.7 Å². The highest BCUT2D eigenvalue weighted by molar-refractivity contribution is 8.06. The lowest BCUT2D eigenvalue weighted by Crippen LogP contribution is -2.55. The van der Waals surface area contributed by atoms with Crippen LogP contribution in [0.4, 0.5) is 0 Å². The molecule has 53 heavy (non-hydrogen) atoms. The average Bonchev–Trinajstić information content (AvgIpc) is 3.98. The van der Waals surface area contributed by atoms with Crippen LogP contribution in [0, 0.1) is 45.4 Å². The van der Waals surface area contributed by atoms with Crippen molar-refractivity contribution in [3.63, 3.8) is 0 Å². The molecular formula is C48H42S4Si. The second kappa shape index (κ2) is 11.6. The average molecular weight is 775 g/mol. The molecule has 0 N–H and O–H groups in total. The monoisotopic (exact) mass is 774 g/mol. The Hall–Kier alpha value is -2.93. The smallest absolute Gasteiger partial charge is 0.143 e. The van der Waals surface area contributed by atoms with Crippen LogP contribution in [0.2, 0.25) is 0 Å². The first-order valence-corrected chi connectivity index (χ1v) is 25.0. The van der Waals surface area contributed by atoms with E-state index in [9.17, 15) is 0 Å². The van der Waals surface area contributed by atoms with Gasteiger partial charge in [0.2, 0.25) is 0 Å². The van der Waals surface area contributed by atoms with Crippen LogP contribution in [0.5, 0.6) is 0 Å². The molecule has 0 saturated heterocycles. The van der Waals surface area contributed by atoms with Gasteiger partial charge in [-0.15, -0.1) is 46.6 Å². The lowest BCUT2D eigenvalue weighted by molar-refractivity contribution is 0.667. The highest BCUT2D eigenvalue weighted by atomic mass is 32.2. The summed E-state index contributed by atoms with van der Waals surface area (Å²) in [6, 6.07) is 32.0. The molecule has 0 amide bonds. The van der Waals surface area contributed by atoms with Gasteiger partial charge in [-0.25, -0.2) is 0 Å². The fraction of sp³-hybridized carbons (Fsp3) is 0.292. The molecule has 0 radical (unpaired) electrons. The molecule has 4 aromatic carbocycles. The van der Waals surface area contributed by atoms with E-state index in [2.05, 4.69) is 170 Å². The Morgan fingerprint density at radius 3 is 1.68 bits per heavy atom. The van der Waals surface area contributed by atoms with E-state index in [1.54, 1.807) is 52.9 Å². The quantitative estimate of drug-likeness (QED) is 0.164. The van der Waals surface area contributed by atoms with Crippen molar-refractivity contribution in [2.24, 2.45) is 17.8 Å². The number of allylic oxidation sites excluding steroid dienone is 3. The zero-order valence-corrected chi connectivity index (χ0v) is 34.9. The van der Waals surface area contributed by atoms with E-state index in [0.29, 0.717) is 33.5 Å². The Morgan fingerprint density at radius 2 is 1.08 bits per heavy atom. The van der Waals surface area contributed by atoms with Crippen LogP contribution >= 0.6 is 46.6 Å². The molecule has 6 unspecified atom stereocenters. The van der Waals surface area contributed by atoms with Gasteiger partial charge in [-0.1, -0.05) is 112 Å². The third-order valence-corrected chi connectivity index (χ3v) is 25.9. The molecule has 0 bridgehead atoms. The molecule has 5 heteroatoms. The number of rotatable bonds is 4. The Kier molecular flexibility index (Phi) is 7.04. The summed E-state index contributed by atoms with van der Waals surface area (Å²) in [5, 5.41) is 10.8. The van der Waals surface area contributed by atoms with Crippen molar-refractivity contribution in [1.29, 1.82) is 0 Å². The molecule has 4 aliphatic carbocycles. The first kappa shape index (κ1) is 32.3. The van der Waals surface area contributed by atoms with Crippen molar-refractivity contribution in [1.82, 2.24) is 0 Å². The van der Waals surface area contributed by atoms with Crippen LogP contribution < -0.4 is 4.50 Å². The zero-order chi connectivity index (χ0) is 35.3. The number of hydrogen-bond donors (Lipinski definition) is 0. The van der Waals surface area contributed by atoms with Crippen LogP contribution in [-0.4, -0.2) is 8.07 Å². The zero-order valence-electron chi connectivity index (χ0n) is 30.7. The molecule has 5 aromatic rings. The molecule has 0 fully saturated rings. The first-order chi connectivity index (χ1) is 25.8. The van der Waals surface area contributed by atoms with Gasteiger partial charge >= 0.3 is 0 Å². The third-order valence-electron chi connectivity index (χ3n) is 13.7. The summed E-state index contributed by atoms with van der Waals surface area (Å²) in [6.45, 7) is 9.07. The van der Waals surface area contributed by atoms with E-state index in [4.69, 9.17) is 0 Å². The first-order valence-electron chi connectivity index (χ1n) is 19.5. The van der Waals surface area contributed by atoms with Gasteiger partial charge in [-0.3, -0.25) is 0 Å². The fourth-order valence-electron chi connectivity index (χ4n) is 11.4. The maximum absolute atomic E-state index is 2.87. The van der Waals surface area contributed by atoms with E-state index in [-0.39, 0.29) is 0 Å². The maximum Gasteiger partial charge on any atom is 0.191 e. The van der Waals surface area contributed by atoms with Crippen molar-refractivity contribution in [2.75, 3.05) is 0 Å². The number of fused-ring (bicyclic) bond motifs is 12. The second-order valence-corrected chi connectivity index (χ2v) is 25.7. The minimum absolute atomic E-state index is 0.533. The van der Waals surface area contributed by atoms with Crippen molar-refractivity contribution in [2.45, 2.75) is 69.1 Å². The number of hydrogen-bond acceptors (Lipinski definition) is 4. The minimum atomic E-state index is -2.65. The van der Waals surface area contributed by atoms with Gasteiger partial charge in [0.25, 0.3) is 0 Å².